The molecule has 1 aliphatic heterocycles. The molecule has 6 heteroatoms. The van der Waals surface area contributed by atoms with Gasteiger partial charge in [-0.25, -0.2) is 0 Å². The summed E-state index contributed by atoms with van der Waals surface area (Å²) in [5.41, 5.74) is 4.44. The van der Waals surface area contributed by atoms with Crippen LogP contribution in [-0.2, 0) is 14.0 Å². The molecule has 0 bridgehead atoms. The molecule has 1 saturated heterocycles. The summed E-state index contributed by atoms with van der Waals surface area (Å²) < 4.78 is 17.4. The molecular weight excluding hydrogens is 228 g/mol. The molecule has 0 aromatic heterocycles. The van der Waals surface area contributed by atoms with Gasteiger partial charge in [0.15, 0.2) is 0 Å². The Morgan fingerprint density at radius 1 is 1.00 bits per heavy atom. The van der Waals surface area contributed by atoms with Crippen molar-refractivity contribution < 1.29 is 14.0 Å². The predicted octanol–water partition coefficient (Wildman–Crippen LogP) is 1.73. The quantitative estimate of drug-likeness (QED) is 0.776. The molecule has 0 unspecified atom stereocenters. The first-order valence-electron chi connectivity index (χ1n) is 6.44. The summed E-state index contributed by atoms with van der Waals surface area (Å²) in [7, 11) is 1.14. The summed E-state index contributed by atoms with van der Waals surface area (Å²) >= 11 is 0. The van der Waals surface area contributed by atoms with Gasteiger partial charge in [0.25, 0.3) is 0 Å². The molecule has 0 spiro atoms. The molecule has 1 radical (unpaired) electrons. The third-order valence-electron chi connectivity index (χ3n) is 4.30. The number of hydrogen-bond acceptors (Lipinski definition) is 4. The van der Waals surface area contributed by atoms with Crippen LogP contribution < -0.4 is 5.73 Å². The third-order valence-corrected chi connectivity index (χ3v) is 4.30. The molecule has 103 valence electrons. The first kappa shape index (κ1) is 16.0. The fourth-order valence-corrected chi connectivity index (χ4v) is 1.32. The van der Waals surface area contributed by atoms with Gasteiger partial charge in [0.1, 0.15) is 0 Å². The lowest BCUT2D eigenvalue weighted by molar-refractivity contribution is 0.00578. The van der Waals surface area contributed by atoms with E-state index in [1.165, 1.54) is 0 Å². The minimum absolute atomic E-state index is 0.347. The molecule has 1 aliphatic rings. The van der Waals surface area contributed by atoms with E-state index in [1.54, 1.807) is 7.37 Å². The van der Waals surface area contributed by atoms with E-state index >= 15 is 0 Å². The van der Waals surface area contributed by atoms with Gasteiger partial charge in [0.2, 0.25) is 0 Å². The molecule has 2 N–H and O–H groups in total. The SMILES string of the molecule is CC(C)(N)C(C)(C)O[B]B1OC(C)(C)C(C)(C)O1. The highest BCUT2D eigenvalue weighted by Gasteiger charge is 2.52. The molecule has 0 aromatic rings. The van der Waals surface area contributed by atoms with Crippen LogP contribution >= 0.6 is 0 Å². The average molecular weight is 254 g/mol. The highest BCUT2D eigenvalue weighted by Crippen LogP contribution is 2.36. The van der Waals surface area contributed by atoms with Crippen LogP contribution in [0.15, 0.2) is 0 Å². The Hall–Kier alpha value is -0.0301. The molecule has 0 atom stereocenters. The molecule has 0 saturated carbocycles. The Labute approximate surface area is 112 Å². The standard InChI is InChI=1S/C12H26B2NO3/c1-9(2,15)10(3,4)16-13-14-17-11(5,6)12(7,8)18-14/h15H2,1-8H3. The summed E-state index contributed by atoms with van der Waals surface area (Å²) in [6.45, 7) is 15.8. The summed E-state index contributed by atoms with van der Waals surface area (Å²) in [5, 5.41) is 0. The molecule has 0 aromatic carbocycles. The van der Waals surface area contributed by atoms with E-state index in [-0.39, 0.29) is 11.2 Å². The van der Waals surface area contributed by atoms with Gasteiger partial charge < -0.3 is 19.7 Å². The second-order valence-electron chi connectivity index (χ2n) is 7.11. The van der Waals surface area contributed by atoms with Gasteiger partial charge >= 0.3 is 14.4 Å². The number of rotatable bonds is 4. The van der Waals surface area contributed by atoms with Gasteiger partial charge in [-0.3, -0.25) is 0 Å². The van der Waals surface area contributed by atoms with E-state index in [1.807, 2.05) is 55.4 Å². The summed E-state index contributed by atoms with van der Waals surface area (Å²) in [6, 6.07) is 0. The Balaban J connectivity index is 2.58. The van der Waals surface area contributed by atoms with Gasteiger partial charge in [-0.05, 0) is 55.4 Å². The molecule has 18 heavy (non-hydrogen) atoms. The Morgan fingerprint density at radius 3 is 1.72 bits per heavy atom. The van der Waals surface area contributed by atoms with Gasteiger partial charge in [-0.2, -0.15) is 0 Å². The highest BCUT2D eigenvalue weighted by atomic mass is 16.7. The van der Waals surface area contributed by atoms with Crippen molar-refractivity contribution in [2.75, 3.05) is 0 Å². The van der Waals surface area contributed by atoms with Crippen LogP contribution in [0.4, 0.5) is 0 Å². The third kappa shape index (κ3) is 3.10. The van der Waals surface area contributed by atoms with Crippen molar-refractivity contribution in [3.05, 3.63) is 0 Å². The van der Waals surface area contributed by atoms with E-state index in [9.17, 15) is 0 Å². The largest absolute Gasteiger partial charge is 0.439 e. The van der Waals surface area contributed by atoms with Gasteiger partial charge in [0, 0.05) is 5.54 Å². The van der Waals surface area contributed by atoms with Gasteiger partial charge in [-0.1, -0.05) is 0 Å². The van der Waals surface area contributed by atoms with Crippen LogP contribution in [0.2, 0.25) is 0 Å². The fourth-order valence-electron chi connectivity index (χ4n) is 1.32. The second-order valence-corrected chi connectivity index (χ2v) is 7.11. The zero-order chi connectivity index (χ0) is 14.4. The van der Waals surface area contributed by atoms with Crippen molar-refractivity contribution in [3.63, 3.8) is 0 Å². The van der Waals surface area contributed by atoms with Crippen LogP contribution in [-0.4, -0.2) is 36.7 Å². The summed E-state index contributed by atoms with van der Waals surface area (Å²) in [5.74, 6) is 0. The molecule has 1 rings (SSSR count). The first-order valence-corrected chi connectivity index (χ1v) is 6.44. The maximum absolute atomic E-state index is 6.08. The molecule has 0 aliphatic carbocycles. The molecule has 0 amide bonds. The Bertz CT molecular complexity index is 295. The Morgan fingerprint density at radius 2 is 1.39 bits per heavy atom. The zero-order valence-corrected chi connectivity index (χ0v) is 13.0. The maximum Gasteiger partial charge on any atom is 0.439 e. The second kappa shape index (κ2) is 4.51. The fraction of sp³-hybridized carbons (Fsp3) is 1.00. The van der Waals surface area contributed by atoms with Crippen LogP contribution in [0.3, 0.4) is 0 Å². The van der Waals surface area contributed by atoms with E-state index in [2.05, 4.69) is 0 Å². The lowest BCUT2D eigenvalue weighted by Crippen LogP contribution is -2.56. The average Bonchev–Trinajstić information content (AvgIpc) is 2.30. The van der Waals surface area contributed by atoms with E-state index in [0.717, 1.165) is 0 Å². The molecule has 1 fully saturated rings. The van der Waals surface area contributed by atoms with Gasteiger partial charge in [-0.15, -0.1) is 0 Å². The smallest absolute Gasteiger partial charge is 0.436 e. The minimum Gasteiger partial charge on any atom is -0.436 e. The van der Waals surface area contributed by atoms with E-state index < -0.39 is 18.1 Å². The van der Waals surface area contributed by atoms with Crippen molar-refractivity contribution in [1.29, 1.82) is 0 Å². The monoisotopic (exact) mass is 254 g/mol. The van der Waals surface area contributed by atoms with Crippen LogP contribution in [0, 0.1) is 0 Å². The Kier molecular flexibility index (Phi) is 4.02. The lowest BCUT2D eigenvalue weighted by Gasteiger charge is -2.39. The van der Waals surface area contributed by atoms with Crippen LogP contribution in [0.25, 0.3) is 0 Å². The molecular formula is C12H26B2NO3. The number of hydrogen-bond donors (Lipinski definition) is 1. The zero-order valence-electron chi connectivity index (χ0n) is 13.0. The first-order chi connectivity index (χ1) is 7.79. The predicted molar refractivity (Wildman–Crippen MR) is 75.3 cm³/mol. The topological polar surface area (TPSA) is 53.7 Å². The highest BCUT2D eigenvalue weighted by molar-refractivity contribution is 7.03. The van der Waals surface area contributed by atoms with Crippen molar-refractivity contribution in [1.82, 2.24) is 0 Å². The van der Waals surface area contributed by atoms with E-state index in [4.69, 9.17) is 19.7 Å². The van der Waals surface area contributed by atoms with Crippen molar-refractivity contribution in [3.8, 4) is 0 Å². The molecule has 4 nitrogen and oxygen atoms in total. The van der Waals surface area contributed by atoms with Gasteiger partial charge in [0.05, 0.1) is 16.8 Å². The summed E-state index contributed by atoms with van der Waals surface area (Å²) in [6.07, 6.45) is 0. The van der Waals surface area contributed by atoms with Crippen molar-refractivity contribution >= 4 is 14.4 Å². The van der Waals surface area contributed by atoms with Crippen LogP contribution in [0.1, 0.15) is 55.4 Å². The molecule has 1 heterocycles. The maximum atomic E-state index is 6.08. The van der Waals surface area contributed by atoms with Crippen molar-refractivity contribution in [2.24, 2.45) is 5.73 Å². The lowest BCUT2D eigenvalue weighted by atomic mass is 9.55. The van der Waals surface area contributed by atoms with E-state index in [0.29, 0.717) is 0 Å². The van der Waals surface area contributed by atoms with Crippen LogP contribution in [0.5, 0.6) is 0 Å². The normalized spacial score (nSPS) is 23.3. The van der Waals surface area contributed by atoms with Crippen molar-refractivity contribution in [2.45, 2.75) is 77.7 Å². The minimum atomic E-state index is -0.489. The summed E-state index contributed by atoms with van der Waals surface area (Å²) in [4.78, 5) is 0. The number of nitrogens with two attached hydrogens (primary N) is 1.